The van der Waals surface area contributed by atoms with Crippen LogP contribution in [0, 0.1) is 0 Å². The monoisotopic (exact) mass is 658 g/mol. The molecule has 3 nitrogen and oxygen atoms in total. The lowest BCUT2D eigenvalue weighted by Gasteiger charge is -2.45. The molecule has 0 saturated carbocycles. The number of ether oxygens (including phenoxy) is 1. The van der Waals surface area contributed by atoms with Gasteiger partial charge in [0, 0.05) is 28.3 Å². The molecule has 1 aliphatic carbocycles. The third kappa shape index (κ3) is 4.31. The molecular formula is C48H38N2O. The molecular weight excluding hydrogens is 621 g/mol. The molecule has 51 heavy (non-hydrogen) atoms. The Morgan fingerprint density at radius 3 is 1.90 bits per heavy atom. The summed E-state index contributed by atoms with van der Waals surface area (Å²) in [7, 11) is 0. The number of para-hydroxylation sites is 3. The number of benzene rings is 7. The maximum atomic E-state index is 6.87. The molecule has 2 heterocycles. The van der Waals surface area contributed by atoms with Gasteiger partial charge in [0.2, 0.25) is 0 Å². The number of nitrogens with zero attached hydrogens (tertiary/aromatic N) is 2. The Morgan fingerprint density at radius 1 is 0.431 bits per heavy atom. The topological polar surface area (TPSA) is 15.7 Å². The van der Waals surface area contributed by atoms with E-state index >= 15 is 0 Å². The first-order valence-corrected chi connectivity index (χ1v) is 17.9. The third-order valence-corrected chi connectivity index (χ3v) is 11.4. The average molecular weight is 659 g/mol. The molecule has 0 unspecified atom stereocenters. The fourth-order valence-electron chi connectivity index (χ4n) is 8.80. The van der Waals surface area contributed by atoms with Crippen molar-refractivity contribution in [2.24, 2.45) is 0 Å². The minimum Gasteiger partial charge on any atom is -0.453 e. The molecule has 0 radical (unpaired) electrons. The SMILES string of the molecule is CC1(C)c2ccccc2-c2ccc(N(c3cccc(-c4ccccc4)c3)c3cc4c5c(c3)C(C)(C)c3ccccc3N5c3ccccc3O4)cc21. The minimum absolute atomic E-state index is 0.125. The molecule has 10 rings (SSSR count). The van der Waals surface area contributed by atoms with Gasteiger partial charge in [0.15, 0.2) is 11.5 Å². The highest BCUT2D eigenvalue weighted by atomic mass is 16.5. The Labute approximate surface area is 300 Å². The molecule has 7 aromatic rings. The number of hydrogen-bond acceptors (Lipinski definition) is 3. The fraction of sp³-hybridized carbons (Fsp3) is 0.125. The Kier molecular flexibility index (Phi) is 6.27. The van der Waals surface area contributed by atoms with Crippen LogP contribution in [0.2, 0.25) is 0 Å². The maximum Gasteiger partial charge on any atom is 0.153 e. The first kappa shape index (κ1) is 29.8. The van der Waals surface area contributed by atoms with Crippen molar-refractivity contribution in [2.45, 2.75) is 38.5 Å². The van der Waals surface area contributed by atoms with Crippen LogP contribution in [-0.2, 0) is 10.8 Å². The molecule has 0 saturated heterocycles. The van der Waals surface area contributed by atoms with Crippen molar-refractivity contribution in [1.29, 1.82) is 0 Å². The lowest BCUT2D eigenvalue weighted by atomic mass is 9.73. The number of fused-ring (bicyclic) bond motifs is 7. The van der Waals surface area contributed by atoms with E-state index in [4.69, 9.17) is 4.74 Å². The van der Waals surface area contributed by atoms with E-state index in [2.05, 4.69) is 195 Å². The normalized spacial score (nSPS) is 15.1. The van der Waals surface area contributed by atoms with Crippen molar-refractivity contribution in [3.63, 3.8) is 0 Å². The van der Waals surface area contributed by atoms with Crippen molar-refractivity contribution in [3.05, 3.63) is 180 Å². The molecule has 0 spiro atoms. The first-order chi connectivity index (χ1) is 24.8. The van der Waals surface area contributed by atoms with Gasteiger partial charge >= 0.3 is 0 Å². The number of hydrogen-bond donors (Lipinski definition) is 0. The summed E-state index contributed by atoms with van der Waals surface area (Å²) in [5, 5.41) is 0. The molecule has 0 bridgehead atoms. The van der Waals surface area contributed by atoms with E-state index in [1.54, 1.807) is 0 Å². The summed E-state index contributed by atoms with van der Waals surface area (Å²) in [6.45, 7) is 9.40. The van der Waals surface area contributed by atoms with E-state index in [0.717, 1.165) is 39.9 Å². The molecule has 0 fully saturated rings. The van der Waals surface area contributed by atoms with Crippen LogP contribution < -0.4 is 14.5 Å². The van der Waals surface area contributed by atoms with E-state index < -0.39 is 0 Å². The lowest BCUT2D eigenvalue weighted by molar-refractivity contribution is 0.471. The van der Waals surface area contributed by atoms with Crippen LogP contribution >= 0.6 is 0 Å². The zero-order chi connectivity index (χ0) is 34.5. The van der Waals surface area contributed by atoms with Gasteiger partial charge in [-0.3, -0.25) is 0 Å². The van der Waals surface area contributed by atoms with E-state index in [1.807, 2.05) is 0 Å². The van der Waals surface area contributed by atoms with Gasteiger partial charge in [-0.25, -0.2) is 0 Å². The summed E-state index contributed by atoms with van der Waals surface area (Å²) < 4.78 is 6.87. The lowest BCUT2D eigenvalue weighted by Crippen LogP contribution is -2.32. The first-order valence-electron chi connectivity index (χ1n) is 17.9. The number of anilines is 6. The van der Waals surface area contributed by atoms with Crippen LogP contribution in [0.25, 0.3) is 22.3 Å². The quantitative estimate of drug-likeness (QED) is 0.187. The molecule has 7 aromatic carbocycles. The summed E-state index contributed by atoms with van der Waals surface area (Å²) in [4.78, 5) is 4.83. The summed E-state index contributed by atoms with van der Waals surface area (Å²) >= 11 is 0. The smallest absolute Gasteiger partial charge is 0.153 e. The molecule has 0 N–H and O–H groups in total. The van der Waals surface area contributed by atoms with Gasteiger partial charge in [0.25, 0.3) is 0 Å². The van der Waals surface area contributed by atoms with Crippen LogP contribution in [0.5, 0.6) is 11.5 Å². The minimum atomic E-state index is -0.276. The van der Waals surface area contributed by atoms with E-state index in [1.165, 1.54) is 50.2 Å². The zero-order valence-electron chi connectivity index (χ0n) is 29.3. The highest BCUT2D eigenvalue weighted by molar-refractivity contribution is 5.96. The van der Waals surface area contributed by atoms with E-state index in [0.29, 0.717) is 0 Å². The van der Waals surface area contributed by atoms with E-state index in [-0.39, 0.29) is 10.8 Å². The molecule has 0 aromatic heterocycles. The van der Waals surface area contributed by atoms with Gasteiger partial charge < -0.3 is 14.5 Å². The standard InChI is InChI=1S/C48H38N2O/c1-47(2)38-20-9-8-19-36(38)37-26-25-34(28-40(37)47)49(33-18-14-17-32(27-33)31-15-6-5-7-16-31)35-29-41-46-45(30-35)51-44-24-13-12-23-43(44)50(46)42-22-11-10-21-39(42)48(41,3)4/h5-30H,1-4H3. The molecule has 246 valence electrons. The van der Waals surface area contributed by atoms with Crippen molar-refractivity contribution in [3.8, 4) is 33.8 Å². The highest BCUT2D eigenvalue weighted by Gasteiger charge is 2.42. The molecule has 3 heteroatoms. The Balaban J connectivity index is 1.23. The predicted molar refractivity (Wildman–Crippen MR) is 211 cm³/mol. The molecule has 2 aliphatic heterocycles. The Morgan fingerprint density at radius 2 is 1.06 bits per heavy atom. The van der Waals surface area contributed by atoms with Crippen molar-refractivity contribution < 1.29 is 4.74 Å². The van der Waals surface area contributed by atoms with Gasteiger partial charge in [-0.1, -0.05) is 131 Å². The Bertz CT molecular complexity index is 2530. The van der Waals surface area contributed by atoms with Crippen LogP contribution in [0.15, 0.2) is 158 Å². The van der Waals surface area contributed by atoms with Gasteiger partial charge in [0.05, 0.1) is 22.7 Å². The fourth-order valence-corrected chi connectivity index (χ4v) is 8.80. The highest BCUT2D eigenvalue weighted by Crippen LogP contribution is 2.61. The molecule has 3 aliphatic rings. The third-order valence-electron chi connectivity index (χ3n) is 11.4. The summed E-state index contributed by atoms with van der Waals surface area (Å²) in [6, 6.07) is 57.3. The van der Waals surface area contributed by atoms with Gasteiger partial charge in [-0.15, -0.1) is 0 Å². The summed E-state index contributed by atoms with van der Waals surface area (Å²) in [6.07, 6.45) is 0. The van der Waals surface area contributed by atoms with Crippen molar-refractivity contribution in [2.75, 3.05) is 9.80 Å². The molecule has 0 amide bonds. The molecule has 0 atom stereocenters. The van der Waals surface area contributed by atoms with Crippen LogP contribution in [0.4, 0.5) is 34.1 Å². The van der Waals surface area contributed by atoms with Crippen molar-refractivity contribution in [1.82, 2.24) is 0 Å². The van der Waals surface area contributed by atoms with Crippen molar-refractivity contribution >= 4 is 34.1 Å². The summed E-state index contributed by atoms with van der Waals surface area (Å²) in [5.41, 5.74) is 16.5. The largest absolute Gasteiger partial charge is 0.453 e. The van der Waals surface area contributed by atoms with Crippen LogP contribution in [-0.4, -0.2) is 0 Å². The second kappa shape index (κ2) is 10.7. The number of rotatable bonds is 4. The maximum absolute atomic E-state index is 6.87. The second-order valence-corrected chi connectivity index (χ2v) is 15.0. The second-order valence-electron chi connectivity index (χ2n) is 15.0. The van der Waals surface area contributed by atoms with Crippen LogP contribution in [0.3, 0.4) is 0 Å². The van der Waals surface area contributed by atoms with Crippen LogP contribution in [0.1, 0.15) is 49.9 Å². The van der Waals surface area contributed by atoms with Gasteiger partial charge in [-0.05, 0) is 93.0 Å². The van der Waals surface area contributed by atoms with Gasteiger partial charge in [0.1, 0.15) is 0 Å². The average Bonchev–Trinajstić information content (AvgIpc) is 3.39. The predicted octanol–water partition coefficient (Wildman–Crippen LogP) is 13.3. The summed E-state index contributed by atoms with van der Waals surface area (Å²) in [5.74, 6) is 1.72. The Hall–Kier alpha value is -6.06. The zero-order valence-corrected chi connectivity index (χ0v) is 29.3. The van der Waals surface area contributed by atoms with Gasteiger partial charge in [-0.2, -0.15) is 0 Å². The van der Waals surface area contributed by atoms with E-state index in [9.17, 15) is 0 Å².